The van der Waals surface area contributed by atoms with Crippen molar-refractivity contribution in [2.45, 2.75) is 57.5 Å². The van der Waals surface area contributed by atoms with Crippen molar-refractivity contribution in [3.05, 3.63) is 17.5 Å². The third-order valence-corrected chi connectivity index (χ3v) is 5.53. The smallest absolute Gasteiger partial charge is 0.466 e. The van der Waals surface area contributed by atoms with E-state index < -0.39 is 12.1 Å². The molecule has 0 aliphatic carbocycles. The average molecular weight is 478 g/mol. The lowest BCUT2D eigenvalue weighted by Gasteiger charge is -2.32. The van der Waals surface area contributed by atoms with Gasteiger partial charge in [0.05, 0.1) is 19.3 Å². The molecule has 1 aliphatic rings. The molecule has 1 fully saturated rings. The van der Waals surface area contributed by atoms with Gasteiger partial charge in [-0.3, -0.25) is 14.3 Å². The third-order valence-electron chi connectivity index (χ3n) is 4.38. The minimum Gasteiger partial charge on any atom is -0.466 e. The zero-order valence-corrected chi connectivity index (χ0v) is 18.6. The fraction of sp³-hybridized carbons (Fsp3) is 0.632. The van der Waals surface area contributed by atoms with Gasteiger partial charge in [0.2, 0.25) is 0 Å². The third kappa shape index (κ3) is 8.61. The molecule has 0 N–H and O–H groups in total. The van der Waals surface area contributed by atoms with Crippen LogP contribution in [0.4, 0.5) is 13.2 Å². The largest absolute Gasteiger partial charge is 0.492 e. The lowest BCUT2D eigenvalue weighted by Crippen LogP contribution is -2.41. The van der Waals surface area contributed by atoms with E-state index in [4.69, 9.17) is 4.74 Å². The Labute approximate surface area is 187 Å². The SMILES string of the molecule is CCOC(=O)CCCCn1cc(/C=C2\CN(OC(=O)C(F)(F)F)CCC2SC(C)=O)nn1. The number of thioether (sulfide) groups is 1. The average Bonchev–Trinajstić information content (AvgIpc) is 3.13. The number of ether oxygens (including phenoxy) is 1. The molecule has 0 amide bonds. The van der Waals surface area contributed by atoms with Crippen LogP contribution in [0.1, 0.15) is 45.2 Å². The van der Waals surface area contributed by atoms with Gasteiger partial charge >= 0.3 is 18.1 Å². The van der Waals surface area contributed by atoms with Crippen LogP contribution >= 0.6 is 11.8 Å². The molecule has 2 heterocycles. The van der Waals surface area contributed by atoms with Crippen molar-refractivity contribution in [2.24, 2.45) is 0 Å². The second-order valence-corrected chi connectivity index (χ2v) is 8.39. The van der Waals surface area contributed by atoms with Crippen LogP contribution < -0.4 is 0 Å². The van der Waals surface area contributed by atoms with E-state index in [-0.39, 0.29) is 29.4 Å². The molecule has 0 bridgehead atoms. The fourth-order valence-electron chi connectivity index (χ4n) is 3.01. The van der Waals surface area contributed by atoms with Gasteiger partial charge in [0.1, 0.15) is 5.69 Å². The maximum atomic E-state index is 12.5. The number of hydrogen-bond donors (Lipinski definition) is 0. The lowest BCUT2D eigenvalue weighted by molar-refractivity contribution is -0.238. The number of hydroxylamine groups is 2. The quantitative estimate of drug-likeness (QED) is 0.391. The van der Waals surface area contributed by atoms with Crippen molar-refractivity contribution < 1.29 is 37.1 Å². The van der Waals surface area contributed by atoms with E-state index in [9.17, 15) is 27.6 Å². The fourth-order valence-corrected chi connectivity index (χ4v) is 3.92. The molecular weight excluding hydrogens is 453 g/mol. The van der Waals surface area contributed by atoms with Crippen molar-refractivity contribution in [1.82, 2.24) is 20.1 Å². The lowest BCUT2D eigenvalue weighted by atomic mass is 10.0. The van der Waals surface area contributed by atoms with Gasteiger partial charge in [-0.1, -0.05) is 17.0 Å². The molecule has 0 spiro atoms. The molecule has 13 heteroatoms. The Morgan fingerprint density at radius 3 is 2.72 bits per heavy atom. The number of nitrogens with zero attached hydrogens (tertiary/aromatic N) is 4. The van der Waals surface area contributed by atoms with Crippen LogP contribution in [-0.2, 0) is 30.5 Å². The Morgan fingerprint density at radius 1 is 1.31 bits per heavy atom. The number of esters is 1. The number of aromatic nitrogens is 3. The van der Waals surface area contributed by atoms with Crippen molar-refractivity contribution in [1.29, 1.82) is 0 Å². The van der Waals surface area contributed by atoms with Gasteiger partial charge in [-0.2, -0.15) is 13.2 Å². The summed E-state index contributed by atoms with van der Waals surface area (Å²) in [5.74, 6) is -2.54. The van der Waals surface area contributed by atoms with Gasteiger partial charge in [-0.05, 0) is 37.8 Å². The van der Waals surface area contributed by atoms with Crippen LogP contribution in [0.2, 0.25) is 0 Å². The first kappa shape index (κ1) is 25.8. The molecule has 9 nitrogen and oxygen atoms in total. The monoisotopic (exact) mass is 478 g/mol. The van der Waals surface area contributed by atoms with E-state index in [1.807, 2.05) is 0 Å². The van der Waals surface area contributed by atoms with Crippen LogP contribution in [0.25, 0.3) is 6.08 Å². The first-order valence-electron chi connectivity index (χ1n) is 10.1. The molecule has 1 aromatic heterocycles. The molecule has 1 aromatic rings. The summed E-state index contributed by atoms with van der Waals surface area (Å²) in [6.45, 7) is 4.00. The number of rotatable bonds is 9. The summed E-state index contributed by atoms with van der Waals surface area (Å²) in [5, 5.41) is 8.56. The number of hydrogen-bond acceptors (Lipinski definition) is 9. The van der Waals surface area contributed by atoms with Crippen molar-refractivity contribution >= 4 is 34.9 Å². The van der Waals surface area contributed by atoms with E-state index in [1.54, 1.807) is 23.9 Å². The first-order valence-corrected chi connectivity index (χ1v) is 10.9. The minimum atomic E-state index is -5.09. The molecule has 32 heavy (non-hydrogen) atoms. The number of carbonyl (C=O) groups excluding carboxylic acids is 3. The van der Waals surface area contributed by atoms with Crippen LogP contribution in [0.5, 0.6) is 0 Å². The first-order chi connectivity index (χ1) is 15.1. The molecule has 1 atom stereocenters. The highest BCUT2D eigenvalue weighted by molar-refractivity contribution is 8.14. The van der Waals surface area contributed by atoms with Crippen molar-refractivity contribution in [3.63, 3.8) is 0 Å². The molecule has 2 rings (SSSR count). The van der Waals surface area contributed by atoms with E-state index in [2.05, 4.69) is 15.1 Å². The van der Waals surface area contributed by atoms with Gasteiger partial charge < -0.3 is 9.57 Å². The molecule has 1 unspecified atom stereocenters. The summed E-state index contributed by atoms with van der Waals surface area (Å²) in [6, 6.07) is 0. The molecule has 0 radical (unpaired) electrons. The van der Waals surface area contributed by atoms with Crippen molar-refractivity contribution in [3.8, 4) is 0 Å². The topological polar surface area (TPSA) is 104 Å². The summed E-state index contributed by atoms with van der Waals surface area (Å²) in [7, 11) is 0. The van der Waals surface area contributed by atoms with Crippen LogP contribution in [-0.4, -0.2) is 68.2 Å². The molecule has 178 valence electrons. The normalized spacial score (nSPS) is 18.5. The molecule has 1 aliphatic heterocycles. The van der Waals surface area contributed by atoms with Crippen LogP contribution in [0.15, 0.2) is 11.8 Å². The predicted octanol–water partition coefficient (Wildman–Crippen LogP) is 2.77. The number of halogens is 3. The number of alkyl halides is 3. The van der Waals surface area contributed by atoms with Crippen LogP contribution in [0, 0.1) is 0 Å². The molecule has 0 saturated carbocycles. The Balaban J connectivity index is 2.01. The Hall–Kier alpha value is -2.41. The van der Waals surface area contributed by atoms with Gasteiger partial charge in [-0.15, -0.1) is 10.2 Å². The second kappa shape index (κ2) is 12.0. The number of carbonyl (C=O) groups is 3. The van der Waals surface area contributed by atoms with E-state index in [1.165, 1.54) is 6.92 Å². The highest BCUT2D eigenvalue weighted by atomic mass is 32.2. The van der Waals surface area contributed by atoms with Gasteiger partial charge in [0.15, 0.2) is 5.12 Å². The Morgan fingerprint density at radius 2 is 2.06 bits per heavy atom. The second-order valence-electron chi connectivity index (χ2n) is 7.01. The molecular formula is C19H25F3N4O5S. The highest BCUT2D eigenvalue weighted by Crippen LogP contribution is 2.30. The molecule has 0 aromatic carbocycles. The Bertz CT molecular complexity index is 843. The summed E-state index contributed by atoms with van der Waals surface area (Å²) in [6.07, 6.45) is 0.155. The number of unbranched alkanes of at least 4 members (excludes halogenated alkanes) is 1. The van der Waals surface area contributed by atoms with Crippen molar-refractivity contribution in [2.75, 3.05) is 19.7 Å². The van der Waals surface area contributed by atoms with Crippen LogP contribution in [0.3, 0.4) is 0 Å². The summed E-state index contributed by atoms with van der Waals surface area (Å²) in [5.41, 5.74) is 1.06. The standard InChI is InChI=1S/C19H25F3N4O5S/c1-3-30-17(28)6-4-5-8-25-12-15(23-24-25)10-14-11-26(31-18(29)19(20,21)22)9-7-16(14)32-13(2)27/h10,12,16H,3-9,11H2,1-2H3/b14-10+. The Kier molecular flexibility index (Phi) is 9.69. The van der Waals surface area contributed by atoms with Gasteiger partial charge in [0, 0.05) is 31.7 Å². The van der Waals surface area contributed by atoms with E-state index >= 15 is 0 Å². The molecule has 1 saturated heterocycles. The number of piperidine rings is 1. The van der Waals surface area contributed by atoms with Gasteiger partial charge in [-0.25, -0.2) is 4.79 Å². The maximum absolute atomic E-state index is 12.5. The summed E-state index contributed by atoms with van der Waals surface area (Å²) in [4.78, 5) is 38.5. The zero-order valence-electron chi connectivity index (χ0n) is 17.8. The summed E-state index contributed by atoms with van der Waals surface area (Å²) >= 11 is 1.06. The maximum Gasteiger partial charge on any atom is 0.492 e. The summed E-state index contributed by atoms with van der Waals surface area (Å²) < 4.78 is 44.0. The van der Waals surface area contributed by atoms with Gasteiger partial charge in [0.25, 0.3) is 0 Å². The minimum absolute atomic E-state index is 0.0667. The highest BCUT2D eigenvalue weighted by Gasteiger charge is 2.43. The van der Waals surface area contributed by atoms with E-state index in [0.717, 1.165) is 16.8 Å². The van der Waals surface area contributed by atoms with E-state index in [0.29, 0.717) is 50.1 Å². The predicted molar refractivity (Wildman–Crippen MR) is 109 cm³/mol. The zero-order chi connectivity index (χ0) is 23.7. The number of aryl methyl sites for hydroxylation is 1.